The van der Waals surface area contributed by atoms with Gasteiger partial charge in [-0.05, 0) is 10.9 Å². The van der Waals surface area contributed by atoms with Crippen molar-refractivity contribution < 1.29 is 84.3 Å². The van der Waals surface area contributed by atoms with Gasteiger partial charge in [0.1, 0.15) is 5.82 Å². The second kappa shape index (κ2) is 25.2. The molecule has 0 atom stereocenters. The van der Waals surface area contributed by atoms with Gasteiger partial charge in [0.15, 0.2) is 11.1 Å². The molecule has 0 aromatic carbocycles. The van der Waals surface area contributed by atoms with E-state index in [9.17, 15) is 9.59 Å². The summed E-state index contributed by atoms with van der Waals surface area (Å²) in [5, 5.41) is 30.2. The zero-order valence-corrected chi connectivity index (χ0v) is 41.0. The Bertz CT molecular complexity index is 1940. The van der Waals surface area contributed by atoms with E-state index in [0.717, 1.165) is 21.7 Å². The fourth-order valence-electron chi connectivity index (χ4n) is 2.51. The number of hydrogen-bond acceptors (Lipinski definition) is 9. The molecule has 0 amide bonds. The number of hydrogen-bond donors (Lipinski definition) is 3. The number of anilines is 1. The number of pyridine rings is 4. The smallest absolute Gasteiger partial charge is 0.151 e. The van der Waals surface area contributed by atoms with Gasteiger partial charge in [0, 0.05) is 113 Å². The Morgan fingerprint density at radius 1 is 0.844 bits per heavy atom. The maximum atomic E-state index is 10.7. The molecule has 5 rings (SSSR count). The van der Waals surface area contributed by atoms with Crippen LogP contribution in [0.2, 0.25) is 5.15 Å². The summed E-state index contributed by atoms with van der Waals surface area (Å²) in [6, 6.07) is 13.4. The number of aromatic amines is 2. The number of nitrogens with two attached hydrogens (primary N) is 1. The Morgan fingerprint density at radius 2 is 1.38 bits per heavy atom. The third-order valence-electron chi connectivity index (χ3n) is 4.31. The van der Waals surface area contributed by atoms with Gasteiger partial charge in [-0.3, -0.25) is 0 Å². The van der Waals surface area contributed by atoms with Gasteiger partial charge in [0.05, 0.1) is 18.2 Å². The Balaban J connectivity index is -0.000000510. The molecule has 0 aliphatic rings. The Kier molecular flexibility index (Phi) is 27.2. The number of nitriles is 3. The fourth-order valence-corrected chi connectivity index (χ4v) is 3.96. The first-order valence-electron chi connectivity index (χ1n) is 10.5. The van der Waals surface area contributed by atoms with Gasteiger partial charge in [0.25, 0.3) is 0 Å². The number of nitrogens with one attached hydrogen (secondary N) is 2. The molecule has 0 saturated carbocycles. The molecule has 12 nitrogen and oxygen atoms in total. The monoisotopic (exact) mass is 1640 g/mol. The molecule has 20 heteroatoms. The number of rotatable bonds is 0. The molecule has 0 aliphatic carbocycles. The predicted molar refractivity (Wildman–Crippen MR) is 174 cm³/mol. The van der Waals surface area contributed by atoms with Crippen LogP contribution in [0.25, 0.3) is 11.0 Å². The molecular formula is C25H12ClI3N10O2W4-4. The maximum Gasteiger partial charge on any atom is 0.151 e. The van der Waals surface area contributed by atoms with E-state index in [1.165, 1.54) is 18.2 Å². The number of H-pyrrole nitrogens is 2. The molecule has 5 aromatic rings. The van der Waals surface area contributed by atoms with Crippen LogP contribution in [0.4, 0.5) is 5.82 Å². The molecule has 5 heterocycles. The normalized spacial score (nSPS) is 8.49. The average molecular weight is 1640 g/mol. The van der Waals surface area contributed by atoms with Gasteiger partial charge in [0.2, 0.25) is 0 Å². The largest absolute Gasteiger partial charge is 0.436 e. The molecule has 0 radical (unpaired) electrons. The molecule has 0 fully saturated rings. The van der Waals surface area contributed by atoms with Crippen molar-refractivity contribution in [2.24, 2.45) is 7.05 Å². The second-order valence-corrected chi connectivity index (χ2v) is 10.9. The summed E-state index contributed by atoms with van der Waals surface area (Å²) in [6.07, 6.45) is 10.5. The van der Waals surface area contributed by atoms with Crippen molar-refractivity contribution in [3.05, 3.63) is 108 Å². The Morgan fingerprint density at radius 3 is 1.89 bits per heavy atom. The van der Waals surface area contributed by atoms with Crippen LogP contribution in [0, 0.1) is 69.5 Å². The van der Waals surface area contributed by atoms with Crippen molar-refractivity contribution in [3.8, 4) is 18.2 Å². The van der Waals surface area contributed by atoms with Crippen molar-refractivity contribution in [1.29, 1.82) is 15.8 Å². The van der Waals surface area contributed by atoms with Gasteiger partial charge in [-0.25, -0.2) is 0 Å². The molecule has 5 aromatic heterocycles. The SMILES string of the molecule is Cn1nc(N)c2cc(I)[c-]nc21.N#Cc1cc(I)[c-][nH]c1=O.N#Cc1cc(I)[c-]nc1Cl.N#Cc1cc[c-][nH]c1=O.[W].[W].[W].[W]. The number of fused-ring (bicyclic) bond motifs is 1. The van der Waals surface area contributed by atoms with Crippen molar-refractivity contribution in [2.75, 3.05) is 5.73 Å². The first-order chi connectivity index (χ1) is 19.5. The van der Waals surface area contributed by atoms with Crippen LogP contribution in [0.5, 0.6) is 0 Å². The molecule has 4 N–H and O–H groups in total. The van der Waals surface area contributed by atoms with Crippen molar-refractivity contribution in [3.63, 3.8) is 0 Å². The van der Waals surface area contributed by atoms with Crippen LogP contribution in [0.15, 0.2) is 39.9 Å². The number of halogens is 4. The van der Waals surface area contributed by atoms with E-state index in [1.807, 2.05) is 64.4 Å². The van der Waals surface area contributed by atoms with Crippen LogP contribution in [0.1, 0.15) is 16.7 Å². The summed E-state index contributed by atoms with van der Waals surface area (Å²) >= 11 is 11.7. The van der Waals surface area contributed by atoms with Crippen LogP contribution >= 0.6 is 79.4 Å². The minimum Gasteiger partial charge on any atom is -0.436 e. The summed E-state index contributed by atoms with van der Waals surface area (Å²) in [5.74, 6) is 0.520. The van der Waals surface area contributed by atoms with Gasteiger partial charge in [-0.1, -0.05) is 97.1 Å². The zero-order chi connectivity index (χ0) is 30.5. The Hall–Kier alpha value is -0.827. The molecular weight excluding hydrogens is 1620 g/mol. The van der Waals surface area contributed by atoms with Crippen LogP contribution in [0.3, 0.4) is 0 Å². The van der Waals surface area contributed by atoms with Gasteiger partial charge in [-0.15, -0.1) is 42.1 Å². The third-order valence-corrected chi connectivity index (χ3v) is 6.29. The molecule has 0 spiro atoms. The first kappa shape index (κ1) is 48.6. The summed E-state index contributed by atoms with van der Waals surface area (Å²) in [4.78, 5) is 33.5. The van der Waals surface area contributed by atoms with Crippen molar-refractivity contribution in [2.45, 2.75) is 0 Å². The van der Waals surface area contributed by atoms with E-state index in [0.29, 0.717) is 11.4 Å². The summed E-state index contributed by atoms with van der Waals surface area (Å²) in [7, 11) is 1.81. The van der Waals surface area contributed by atoms with E-state index in [-0.39, 0.29) is 112 Å². The topological polar surface area (TPSA) is 207 Å². The standard InChI is InChI=1S/C7H6IN4.C6HClIN2.C6H2IN2O.C6H3N2O.4W/c1-12-7-5(6(9)11-12)2-4(8)3-10-7;7-6-4(2-9)1-5(8)3-10-6;7-5-1-4(2-8)6(10)9-3-5;7-4-5-2-1-3-8-6(5)9;;;;/h2H,1H3,(H2,9,11);1H;1H,(H,9,10);1-2H,(H,8,9);;;;/q4*-1;;;;. The van der Waals surface area contributed by atoms with Crippen molar-refractivity contribution in [1.82, 2.24) is 29.7 Å². The number of nitrogens with zero attached hydrogens (tertiary/aromatic N) is 7. The quantitative estimate of drug-likeness (QED) is 0.117. The molecule has 0 bridgehead atoms. The van der Waals surface area contributed by atoms with E-state index >= 15 is 0 Å². The summed E-state index contributed by atoms with van der Waals surface area (Å²) < 4.78 is 4.11. The minimum atomic E-state index is -0.389. The number of aromatic nitrogens is 6. The third kappa shape index (κ3) is 16.2. The van der Waals surface area contributed by atoms with E-state index < -0.39 is 0 Å². The van der Waals surface area contributed by atoms with Crippen LogP contribution < -0.4 is 16.9 Å². The zero-order valence-electron chi connectivity index (χ0n) is 22.1. The minimum absolute atomic E-state index is 0. The van der Waals surface area contributed by atoms with Gasteiger partial charge in [-0.2, -0.15) is 27.0 Å². The molecule has 0 unspecified atom stereocenters. The number of nitrogen functional groups attached to an aromatic ring is 1. The van der Waals surface area contributed by atoms with Crippen LogP contribution in [-0.4, -0.2) is 29.7 Å². The summed E-state index contributed by atoms with van der Waals surface area (Å²) in [6.45, 7) is 0. The maximum absolute atomic E-state index is 10.7. The summed E-state index contributed by atoms with van der Waals surface area (Å²) in [5.41, 5.74) is 6.29. The van der Waals surface area contributed by atoms with Gasteiger partial charge < -0.3 is 39.9 Å². The van der Waals surface area contributed by atoms with E-state index in [2.05, 4.69) is 72.4 Å². The average Bonchev–Trinajstić information content (AvgIpc) is 3.24. The fraction of sp³-hybridized carbons (Fsp3) is 0.0400. The second-order valence-electron chi connectivity index (χ2n) is 7.05. The predicted octanol–water partition coefficient (Wildman–Crippen LogP) is 3.65. The van der Waals surface area contributed by atoms with E-state index in [1.54, 1.807) is 22.9 Å². The first-order valence-corrected chi connectivity index (χ1v) is 14.1. The molecule has 45 heavy (non-hydrogen) atoms. The Labute approximate surface area is 360 Å². The van der Waals surface area contributed by atoms with Gasteiger partial charge >= 0.3 is 0 Å². The number of aryl methyl sites for hydroxylation is 1. The van der Waals surface area contributed by atoms with E-state index in [4.69, 9.17) is 33.1 Å². The molecule has 0 aliphatic heterocycles. The molecule has 230 valence electrons. The van der Waals surface area contributed by atoms with Crippen molar-refractivity contribution >= 4 is 96.2 Å². The molecule has 0 saturated heterocycles. The van der Waals surface area contributed by atoms with Crippen LogP contribution in [-0.2, 0) is 91.3 Å².